The lowest BCUT2D eigenvalue weighted by atomic mass is 9.95. The zero-order valence-corrected chi connectivity index (χ0v) is 14.4. The average Bonchev–Trinajstić information content (AvgIpc) is 3.29. The van der Waals surface area contributed by atoms with E-state index in [9.17, 15) is 0 Å². The molecule has 112 valence electrons. The Morgan fingerprint density at radius 2 is 0.667 bits per heavy atom. The highest BCUT2D eigenvalue weighted by Crippen LogP contribution is 2.38. The lowest BCUT2D eigenvalue weighted by Crippen LogP contribution is -1.81. The third-order valence-corrected chi connectivity index (χ3v) is 6.82. The Morgan fingerprint density at radius 1 is 0.333 bits per heavy atom. The Kier molecular flexibility index (Phi) is 2.46. The number of hydrogen-bond donors (Lipinski definition) is 0. The molecule has 2 heteroatoms. The third kappa shape index (κ3) is 1.57. The van der Waals surface area contributed by atoms with Crippen LogP contribution in [0.25, 0.3) is 52.5 Å². The van der Waals surface area contributed by atoms with Crippen molar-refractivity contribution in [1.82, 2.24) is 0 Å². The summed E-state index contributed by atoms with van der Waals surface area (Å²) in [5.41, 5.74) is 0. The Balaban J connectivity index is 1.86. The van der Waals surface area contributed by atoms with Gasteiger partial charge in [0, 0.05) is 20.2 Å². The monoisotopic (exact) mass is 340 g/mol. The summed E-state index contributed by atoms with van der Waals surface area (Å²) in [7, 11) is 0. The fourth-order valence-corrected chi connectivity index (χ4v) is 5.55. The van der Waals surface area contributed by atoms with E-state index in [-0.39, 0.29) is 0 Å². The Hall–Kier alpha value is -2.42. The molecule has 0 saturated heterocycles. The van der Waals surface area contributed by atoms with Crippen LogP contribution >= 0.6 is 22.7 Å². The molecule has 0 fully saturated rings. The van der Waals surface area contributed by atoms with Gasteiger partial charge in [0.05, 0.1) is 0 Å². The largest absolute Gasteiger partial charge is 0.144 e. The molecule has 0 atom stereocenters. The van der Waals surface area contributed by atoms with Crippen LogP contribution in [0.3, 0.4) is 0 Å². The fraction of sp³-hybridized carbons (Fsp3) is 0. The molecule has 6 rings (SSSR count). The maximum Gasteiger partial charge on any atom is 0.0349 e. The number of hydrogen-bond acceptors (Lipinski definition) is 2. The maximum atomic E-state index is 2.30. The van der Waals surface area contributed by atoms with Gasteiger partial charge in [-0.2, -0.15) is 0 Å². The Labute approximate surface area is 146 Å². The van der Waals surface area contributed by atoms with Crippen molar-refractivity contribution in [3.63, 3.8) is 0 Å². The zero-order chi connectivity index (χ0) is 15.7. The molecule has 0 aliphatic heterocycles. The van der Waals surface area contributed by atoms with E-state index in [1.807, 2.05) is 22.7 Å². The summed E-state index contributed by atoms with van der Waals surface area (Å²) in [6.45, 7) is 0. The molecule has 0 unspecified atom stereocenters. The van der Waals surface area contributed by atoms with Crippen molar-refractivity contribution >= 4 is 75.2 Å². The average molecular weight is 340 g/mol. The molecule has 6 aromatic rings. The van der Waals surface area contributed by atoms with E-state index in [1.54, 1.807) is 0 Å². The second-order valence-electron chi connectivity index (χ2n) is 6.21. The van der Waals surface area contributed by atoms with Gasteiger partial charge in [-0.15, -0.1) is 22.7 Å². The van der Waals surface area contributed by atoms with E-state index in [1.165, 1.54) is 52.5 Å². The molecule has 24 heavy (non-hydrogen) atoms. The van der Waals surface area contributed by atoms with Gasteiger partial charge >= 0.3 is 0 Å². The van der Waals surface area contributed by atoms with Crippen LogP contribution in [0.5, 0.6) is 0 Å². The molecule has 2 aromatic heterocycles. The molecule has 0 amide bonds. The minimum Gasteiger partial charge on any atom is -0.144 e. The van der Waals surface area contributed by atoms with Crippen molar-refractivity contribution in [1.29, 1.82) is 0 Å². The van der Waals surface area contributed by atoms with Gasteiger partial charge in [-0.05, 0) is 67.3 Å². The van der Waals surface area contributed by atoms with E-state index < -0.39 is 0 Å². The van der Waals surface area contributed by atoms with Crippen molar-refractivity contribution in [2.75, 3.05) is 0 Å². The molecule has 0 aliphatic carbocycles. The van der Waals surface area contributed by atoms with E-state index in [0.717, 1.165) is 0 Å². The first-order valence-electron chi connectivity index (χ1n) is 8.02. The van der Waals surface area contributed by atoms with Gasteiger partial charge in [-0.3, -0.25) is 0 Å². The van der Waals surface area contributed by atoms with Crippen molar-refractivity contribution < 1.29 is 0 Å². The predicted molar refractivity (Wildman–Crippen MR) is 110 cm³/mol. The number of benzene rings is 4. The van der Waals surface area contributed by atoms with Crippen LogP contribution in [0.2, 0.25) is 0 Å². The summed E-state index contributed by atoms with van der Waals surface area (Å²) in [5.74, 6) is 0. The molecule has 0 bridgehead atoms. The molecule has 0 radical (unpaired) electrons. The van der Waals surface area contributed by atoms with Crippen molar-refractivity contribution in [2.45, 2.75) is 0 Å². The third-order valence-electron chi connectivity index (χ3n) is 5.06. The lowest BCUT2D eigenvalue weighted by Gasteiger charge is -2.09. The number of thiophene rings is 2. The second kappa shape index (κ2) is 4.56. The summed E-state index contributed by atoms with van der Waals surface area (Å²) in [6, 6.07) is 22.8. The fourth-order valence-electron chi connectivity index (χ4n) is 3.94. The van der Waals surface area contributed by atoms with Gasteiger partial charge in [0.25, 0.3) is 0 Å². The number of fused-ring (bicyclic) bond motifs is 9. The summed E-state index contributed by atoms with van der Waals surface area (Å²) in [4.78, 5) is 0. The molecule has 0 saturated carbocycles. The topological polar surface area (TPSA) is 0 Å². The van der Waals surface area contributed by atoms with Gasteiger partial charge in [0.1, 0.15) is 0 Å². The van der Waals surface area contributed by atoms with Gasteiger partial charge in [0.2, 0.25) is 0 Å². The van der Waals surface area contributed by atoms with E-state index in [0.29, 0.717) is 0 Å². The molecule has 0 spiro atoms. The number of rotatable bonds is 0. The van der Waals surface area contributed by atoms with Crippen LogP contribution in [0, 0.1) is 0 Å². The van der Waals surface area contributed by atoms with Gasteiger partial charge in [-0.25, -0.2) is 0 Å². The Bertz CT molecular complexity index is 1290. The summed E-state index contributed by atoms with van der Waals surface area (Å²) >= 11 is 3.63. The minimum atomic E-state index is 1.35. The van der Waals surface area contributed by atoms with Crippen LogP contribution in [-0.4, -0.2) is 0 Å². The molecular weight excluding hydrogens is 328 g/mol. The lowest BCUT2D eigenvalue weighted by molar-refractivity contribution is 1.86. The van der Waals surface area contributed by atoms with Gasteiger partial charge in [0.15, 0.2) is 0 Å². The highest BCUT2D eigenvalue weighted by molar-refractivity contribution is 7.17. The molecular formula is C22H12S2. The second-order valence-corrected chi connectivity index (χ2v) is 8.11. The van der Waals surface area contributed by atoms with Crippen LogP contribution in [-0.2, 0) is 0 Å². The molecule has 4 aromatic carbocycles. The maximum absolute atomic E-state index is 2.30. The first-order valence-corrected chi connectivity index (χ1v) is 9.78. The molecule has 0 nitrogen and oxygen atoms in total. The Morgan fingerprint density at radius 3 is 1.08 bits per heavy atom. The van der Waals surface area contributed by atoms with E-state index >= 15 is 0 Å². The summed E-state index contributed by atoms with van der Waals surface area (Å²) < 4.78 is 2.73. The van der Waals surface area contributed by atoms with E-state index in [4.69, 9.17) is 0 Å². The zero-order valence-electron chi connectivity index (χ0n) is 12.7. The van der Waals surface area contributed by atoms with Crippen molar-refractivity contribution in [2.24, 2.45) is 0 Å². The highest BCUT2D eigenvalue weighted by atomic mass is 32.1. The van der Waals surface area contributed by atoms with Crippen LogP contribution in [0.1, 0.15) is 0 Å². The highest BCUT2D eigenvalue weighted by Gasteiger charge is 2.09. The van der Waals surface area contributed by atoms with E-state index in [2.05, 4.69) is 71.4 Å². The quantitative estimate of drug-likeness (QED) is 0.250. The normalized spacial score (nSPS) is 12.2. The first kappa shape index (κ1) is 12.9. The minimum absolute atomic E-state index is 1.35. The van der Waals surface area contributed by atoms with Gasteiger partial charge < -0.3 is 0 Å². The van der Waals surface area contributed by atoms with Gasteiger partial charge in [-0.1, -0.05) is 36.4 Å². The van der Waals surface area contributed by atoms with Crippen LogP contribution in [0.15, 0.2) is 71.4 Å². The standard InChI is InChI=1S/C22H12S2/c1-3-17-16(6-8-21-19(17)9-11-23-21)14-2-4-18-15(13(1)14)5-7-22-20(18)10-12-24-22/h1-12H. The van der Waals surface area contributed by atoms with Crippen LogP contribution in [0.4, 0.5) is 0 Å². The molecule has 0 N–H and O–H groups in total. The van der Waals surface area contributed by atoms with Crippen LogP contribution < -0.4 is 0 Å². The summed E-state index contributed by atoms with van der Waals surface area (Å²) in [5, 5.41) is 15.2. The van der Waals surface area contributed by atoms with Crippen molar-refractivity contribution in [3.8, 4) is 0 Å². The molecule has 2 heterocycles. The predicted octanol–water partition coefficient (Wildman–Crippen LogP) is 7.58. The summed E-state index contributed by atoms with van der Waals surface area (Å²) in [6.07, 6.45) is 0. The smallest absolute Gasteiger partial charge is 0.0349 e. The SMILES string of the molecule is c1cc2c(ccc3c2ccc2c4ccc5sccc5c4ccc32)s1. The molecule has 0 aliphatic rings. The first-order chi connectivity index (χ1) is 11.9. The van der Waals surface area contributed by atoms with Crippen molar-refractivity contribution in [3.05, 3.63) is 71.4 Å².